The van der Waals surface area contributed by atoms with E-state index in [4.69, 9.17) is 16.3 Å². The van der Waals surface area contributed by atoms with E-state index in [-0.39, 0.29) is 57.2 Å². The molecule has 1 aliphatic heterocycles. The molecule has 0 bridgehead atoms. The van der Waals surface area contributed by atoms with Gasteiger partial charge in [0.1, 0.15) is 0 Å². The summed E-state index contributed by atoms with van der Waals surface area (Å²) in [7, 11) is 5.31. The quantitative estimate of drug-likeness (QED) is 0.120. The molecule has 3 aromatic rings. The molecular weight excluding hydrogens is 712 g/mol. The molecule has 4 unspecified atom stereocenters. The Hall–Kier alpha value is -4.87. The van der Waals surface area contributed by atoms with Crippen LogP contribution in [-0.4, -0.2) is 49.7 Å². The topological polar surface area (TPSA) is 129 Å². The molecule has 0 radical (unpaired) electrons. The second kappa shape index (κ2) is 12.5. The maximum absolute atomic E-state index is 14.3. The summed E-state index contributed by atoms with van der Waals surface area (Å²) in [5, 5.41) is 19.1. The van der Waals surface area contributed by atoms with Crippen molar-refractivity contribution in [2.45, 2.75) is 18.8 Å². The summed E-state index contributed by atoms with van der Waals surface area (Å²) < 4.78 is 5.49. The van der Waals surface area contributed by atoms with E-state index in [1.165, 1.54) is 18.1 Å². The number of azo groups is 1. The fourth-order valence-electron chi connectivity index (χ4n) is 7.36. The molecule has 3 aromatic carbocycles. The SMILES string of the molecule is COc1cc(C2C3=CCC4C(=O)N(c5ccc(N=Nc6ccc(N(C)C)cc6)cc5)C(=O)C4C3CC3=C2C(=O)C=C(Br)C3=O)cc(Cl)c1O. The number of allylic oxidation sites excluding steroid dienone is 6. The standard InChI is InChI=1S/C37H30BrClN4O6/c1-42(2)21-8-4-19(5-9-21)40-41-20-6-10-22(11-7-20)43-36(47)24-13-12-23-25(32(24)37(43)48)16-26-33(29(44)17-27(38)34(26)45)31(23)18-14-28(39)35(46)30(15-18)49-3/h4-12,14-15,17,24-25,31-32,46H,13,16H2,1-3H3. The van der Waals surface area contributed by atoms with Gasteiger partial charge in [-0.05, 0) is 101 Å². The van der Waals surface area contributed by atoms with Crippen molar-refractivity contribution in [3.8, 4) is 11.5 Å². The Bertz CT molecular complexity index is 2070. The molecule has 1 fully saturated rings. The molecule has 2 amide bonds. The predicted molar refractivity (Wildman–Crippen MR) is 188 cm³/mol. The van der Waals surface area contributed by atoms with Gasteiger partial charge < -0.3 is 14.7 Å². The molecular formula is C37H30BrClN4O6. The molecule has 0 saturated carbocycles. The number of benzene rings is 3. The monoisotopic (exact) mass is 740 g/mol. The summed E-state index contributed by atoms with van der Waals surface area (Å²) in [6.07, 6.45) is 3.58. The van der Waals surface area contributed by atoms with Gasteiger partial charge in [0, 0.05) is 42.9 Å². The van der Waals surface area contributed by atoms with Gasteiger partial charge in [0.25, 0.3) is 0 Å². The summed E-state index contributed by atoms with van der Waals surface area (Å²) in [5.74, 6) is -4.18. The fourth-order valence-corrected chi connectivity index (χ4v) is 8.02. The van der Waals surface area contributed by atoms with Crippen LogP contribution in [0.4, 0.5) is 22.7 Å². The van der Waals surface area contributed by atoms with Crippen LogP contribution in [0.1, 0.15) is 24.3 Å². The number of nitrogens with zero attached hydrogens (tertiary/aromatic N) is 4. The van der Waals surface area contributed by atoms with Crippen molar-refractivity contribution in [3.05, 3.63) is 105 Å². The van der Waals surface area contributed by atoms with E-state index < -0.39 is 23.7 Å². The first-order valence-corrected chi connectivity index (χ1v) is 16.8. The van der Waals surface area contributed by atoms with Crippen molar-refractivity contribution in [1.29, 1.82) is 0 Å². The van der Waals surface area contributed by atoms with Crippen LogP contribution < -0.4 is 14.5 Å². The molecule has 0 aromatic heterocycles. The Morgan fingerprint density at radius 1 is 0.939 bits per heavy atom. The largest absolute Gasteiger partial charge is 0.503 e. The number of imide groups is 1. The molecule has 4 aliphatic rings. The second-order valence-corrected chi connectivity index (χ2v) is 13.8. The molecule has 1 N–H and O–H groups in total. The zero-order valence-electron chi connectivity index (χ0n) is 26.7. The van der Waals surface area contributed by atoms with Crippen molar-refractivity contribution >= 4 is 73.7 Å². The smallest absolute Gasteiger partial charge is 0.238 e. The minimum Gasteiger partial charge on any atom is -0.503 e. The van der Waals surface area contributed by atoms with Gasteiger partial charge in [-0.25, -0.2) is 0 Å². The number of Topliss-reactive ketones (excluding diaryl/α,β-unsaturated/α-hetero) is 1. The summed E-state index contributed by atoms with van der Waals surface area (Å²) in [4.78, 5) is 58.4. The lowest BCUT2D eigenvalue weighted by Gasteiger charge is -2.42. The number of carbonyl (C=O) groups is 4. The number of fused-ring (bicyclic) bond motifs is 3. The number of amides is 2. The van der Waals surface area contributed by atoms with E-state index in [0.717, 1.165) is 11.3 Å². The minimum atomic E-state index is -0.754. The molecule has 7 rings (SSSR count). The van der Waals surface area contributed by atoms with Gasteiger partial charge in [0.2, 0.25) is 11.8 Å². The number of phenols is 1. The fraction of sp³-hybridized carbons (Fsp3) is 0.243. The number of methoxy groups -OCH3 is 1. The highest BCUT2D eigenvalue weighted by Gasteiger charge is 2.56. The molecule has 49 heavy (non-hydrogen) atoms. The van der Waals surface area contributed by atoms with Crippen LogP contribution in [0.15, 0.2) is 104 Å². The second-order valence-electron chi connectivity index (χ2n) is 12.6. The van der Waals surface area contributed by atoms with Gasteiger partial charge in [-0.2, -0.15) is 10.2 Å². The van der Waals surface area contributed by atoms with Crippen LogP contribution in [0.3, 0.4) is 0 Å². The van der Waals surface area contributed by atoms with Gasteiger partial charge >= 0.3 is 0 Å². The Morgan fingerprint density at radius 2 is 1.59 bits per heavy atom. The first-order chi connectivity index (χ1) is 23.5. The van der Waals surface area contributed by atoms with Crippen LogP contribution in [0, 0.1) is 17.8 Å². The normalized spacial score (nSPS) is 23.3. The van der Waals surface area contributed by atoms with Crippen LogP contribution in [-0.2, 0) is 19.2 Å². The van der Waals surface area contributed by atoms with Gasteiger partial charge in [-0.3, -0.25) is 24.1 Å². The zero-order valence-corrected chi connectivity index (χ0v) is 29.0. The van der Waals surface area contributed by atoms with E-state index >= 15 is 0 Å². The van der Waals surface area contributed by atoms with E-state index in [1.807, 2.05) is 49.3 Å². The molecule has 12 heteroatoms. The highest BCUT2D eigenvalue weighted by molar-refractivity contribution is 9.12. The molecule has 10 nitrogen and oxygen atoms in total. The maximum atomic E-state index is 14.3. The van der Waals surface area contributed by atoms with Crippen molar-refractivity contribution in [2.24, 2.45) is 28.0 Å². The summed E-state index contributed by atoms with van der Waals surface area (Å²) in [5.41, 5.74) is 4.57. The summed E-state index contributed by atoms with van der Waals surface area (Å²) in [6, 6.07) is 17.5. The lowest BCUT2D eigenvalue weighted by atomic mass is 9.59. The van der Waals surface area contributed by atoms with Gasteiger partial charge in [0.05, 0.1) is 45.5 Å². The minimum absolute atomic E-state index is 0.0164. The average molecular weight is 742 g/mol. The molecule has 248 valence electrons. The third-order valence-electron chi connectivity index (χ3n) is 9.69. The van der Waals surface area contributed by atoms with Gasteiger partial charge in [-0.15, -0.1) is 0 Å². The number of halogens is 2. The number of ketones is 2. The average Bonchev–Trinajstić information content (AvgIpc) is 3.36. The number of aromatic hydroxyl groups is 1. The van der Waals surface area contributed by atoms with Crippen LogP contribution >= 0.6 is 27.5 Å². The van der Waals surface area contributed by atoms with Crippen molar-refractivity contribution in [3.63, 3.8) is 0 Å². The number of rotatable bonds is 6. The van der Waals surface area contributed by atoms with Gasteiger partial charge in [0.15, 0.2) is 23.1 Å². The Morgan fingerprint density at radius 3 is 2.22 bits per heavy atom. The third kappa shape index (κ3) is 5.50. The Balaban J connectivity index is 1.21. The molecule has 1 saturated heterocycles. The first kappa shape index (κ1) is 32.7. The number of carbonyl (C=O) groups excluding carboxylic acids is 4. The highest BCUT2D eigenvalue weighted by atomic mass is 79.9. The van der Waals surface area contributed by atoms with E-state index in [2.05, 4.69) is 26.2 Å². The number of phenolic OH excluding ortho intramolecular Hbond substituents is 1. The van der Waals surface area contributed by atoms with Gasteiger partial charge in [-0.1, -0.05) is 23.3 Å². The lowest BCUT2D eigenvalue weighted by molar-refractivity contribution is -0.123. The molecule has 1 heterocycles. The van der Waals surface area contributed by atoms with E-state index in [0.29, 0.717) is 33.8 Å². The van der Waals surface area contributed by atoms with Crippen LogP contribution in [0.25, 0.3) is 0 Å². The number of ether oxygens (including phenoxy) is 1. The number of anilines is 2. The number of hydrogen-bond donors (Lipinski definition) is 1. The zero-order chi connectivity index (χ0) is 34.7. The first-order valence-electron chi connectivity index (χ1n) is 15.6. The lowest BCUT2D eigenvalue weighted by Crippen LogP contribution is -2.39. The van der Waals surface area contributed by atoms with Crippen LogP contribution in [0.2, 0.25) is 5.02 Å². The molecule has 0 spiro atoms. The van der Waals surface area contributed by atoms with Crippen molar-refractivity contribution in [2.75, 3.05) is 31.0 Å². The van der Waals surface area contributed by atoms with Crippen molar-refractivity contribution in [1.82, 2.24) is 0 Å². The number of hydrogen-bond acceptors (Lipinski definition) is 9. The maximum Gasteiger partial charge on any atom is 0.238 e. The summed E-state index contributed by atoms with van der Waals surface area (Å²) >= 11 is 9.64. The highest BCUT2D eigenvalue weighted by Crippen LogP contribution is 2.56. The molecule has 3 aliphatic carbocycles. The third-order valence-corrected chi connectivity index (χ3v) is 10.6. The van der Waals surface area contributed by atoms with Crippen molar-refractivity contribution < 1.29 is 29.0 Å². The predicted octanol–water partition coefficient (Wildman–Crippen LogP) is 7.50. The van der Waals surface area contributed by atoms with E-state index in [9.17, 15) is 24.3 Å². The Labute approximate surface area is 295 Å². The van der Waals surface area contributed by atoms with E-state index in [1.54, 1.807) is 36.4 Å². The molecule has 4 atom stereocenters. The Kier molecular flexibility index (Phi) is 8.36. The van der Waals surface area contributed by atoms with Crippen LogP contribution in [0.5, 0.6) is 11.5 Å². The summed E-state index contributed by atoms with van der Waals surface area (Å²) in [6.45, 7) is 0.